The summed E-state index contributed by atoms with van der Waals surface area (Å²) in [6.07, 6.45) is 0.660. The number of sulfonamides is 1. The van der Waals surface area contributed by atoms with E-state index in [1.807, 2.05) is 38.1 Å². The molecule has 0 radical (unpaired) electrons. The van der Waals surface area contributed by atoms with Crippen LogP contribution in [0.5, 0.6) is 0 Å². The Morgan fingerprint density at radius 3 is 2.43 bits per heavy atom. The van der Waals surface area contributed by atoms with Crippen LogP contribution in [-0.4, -0.2) is 13.6 Å². The second-order valence-electron chi connectivity index (χ2n) is 5.09. The number of hydrogen-bond donors (Lipinski definition) is 1. The third kappa shape index (κ3) is 3.16. The normalized spacial score (nSPS) is 13.3. The van der Waals surface area contributed by atoms with E-state index in [1.165, 1.54) is 0 Å². The molecule has 1 N–H and O–H groups in total. The van der Waals surface area contributed by atoms with E-state index in [4.69, 9.17) is 4.52 Å². The van der Waals surface area contributed by atoms with E-state index >= 15 is 0 Å². The van der Waals surface area contributed by atoms with E-state index < -0.39 is 10.0 Å². The van der Waals surface area contributed by atoms with Crippen molar-refractivity contribution in [1.82, 2.24) is 9.88 Å². The van der Waals surface area contributed by atoms with E-state index in [9.17, 15) is 8.42 Å². The summed E-state index contributed by atoms with van der Waals surface area (Å²) in [5, 5.41) is 3.71. The van der Waals surface area contributed by atoms with E-state index in [0.29, 0.717) is 17.9 Å². The molecule has 0 aliphatic heterocycles. The summed E-state index contributed by atoms with van der Waals surface area (Å²) in [4.78, 5) is 0.134. The highest BCUT2D eigenvalue weighted by molar-refractivity contribution is 7.89. The Kier molecular flexibility index (Phi) is 4.49. The molecule has 1 heterocycles. The minimum absolute atomic E-state index is 0.134. The number of aromatic nitrogens is 1. The standard InChI is InChI=1S/C15H20N2O3S/c1-5-14(13-9-7-6-8-10(13)2)17-21(18,19)15-11(3)16-20-12(15)4/h6-9,14,17H,5H2,1-4H3. The van der Waals surface area contributed by atoms with Crippen molar-refractivity contribution >= 4 is 10.0 Å². The quantitative estimate of drug-likeness (QED) is 0.921. The molecule has 1 aromatic carbocycles. The van der Waals surface area contributed by atoms with E-state index in [2.05, 4.69) is 9.88 Å². The largest absolute Gasteiger partial charge is 0.360 e. The molecule has 0 aliphatic carbocycles. The highest BCUT2D eigenvalue weighted by Gasteiger charge is 2.27. The Hall–Kier alpha value is -1.66. The van der Waals surface area contributed by atoms with Crippen molar-refractivity contribution in [1.29, 1.82) is 0 Å². The molecule has 2 rings (SSSR count). The fourth-order valence-electron chi connectivity index (χ4n) is 2.45. The molecule has 6 heteroatoms. The molecule has 0 aliphatic rings. The lowest BCUT2D eigenvalue weighted by atomic mass is 10.0. The van der Waals surface area contributed by atoms with Gasteiger partial charge < -0.3 is 4.52 Å². The number of nitrogens with one attached hydrogen (secondary N) is 1. The fraction of sp³-hybridized carbons (Fsp3) is 0.400. The molecule has 0 bridgehead atoms. The molecule has 2 aromatic rings. The van der Waals surface area contributed by atoms with E-state index in [0.717, 1.165) is 11.1 Å². The first kappa shape index (κ1) is 15.7. The van der Waals surface area contributed by atoms with Crippen molar-refractivity contribution < 1.29 is 12.9 Å². The lowest BCUT2D eigenvalue weighted by molar-refractivity contribution is 0.390. The van der Waals surface area contributed by atoms with Gasteiger partial charge in [0.2, 0.25) is 10.0 Å². The molecule has 0 saturated heterocycles. The molecule has 21 heavy (non-hydrogen) atoms. The average Bonchev–Trinajstić information content (AvgIpc) is 2.77. The van der Waals surface area contributed by atoms with Crippen LogP contribution < -0.4 is 4.72 Å². The molecule has 1 unspecified atom stereocenters. The monoisotopic (exact) mass is 308 g/mol. The Morgan fingerprint density at radius 1 is 1.24 bits per heavy atom. The fourth-order valence-corrected chi connectivity index (χ4v) is 4.08. The van der Waals surface area contributed by atoms with Gasteiger partial charge in [-0.25, -0.2) is 13.1 Å². The third-order valence-electron chi connectivity index (χ3n) is 3.51. The zero-order valence-electron chi connectivity index (χ0n) is 12.7. The summed E-state index contributed by atoms with van der Waals surface area (Å²) in [7, 11) is -3.66. The van der Waals surface area contributed by atoms with Gasteiger partial charge in [0.05, 0.1) is 0 Å². The van der Waals surface area contributed by atoms with Gasteiger partial charge in [-0.05, 0) is 38.3 Å². The van der Waals surface area contributed by atoms with Crippen LogP contribution >= 0.6 is 0 Å². The first-order valence-corrected chi connectivity index (χ1v) is 8.36. The highest BCUT2D eigenvalue weighted by Crippen LogP contribution is 2.25. The molecular formula is C15H20N2O3S. The van der Waals surface area contributed by atoms with Crippen LogP contribution in [-0.2, 0) is 10.0 Å². The zero-order valence-corrected chi connectivity index (χ0v) is 13.5. The molecule has 0 fully saturated rings. The van der Waals surface area contributed by atoms with Gasteiger partial charge in [0.1, 0.15) is 10.6 Å². The van der Waals surface area contributed by atoms with Crippen molar-refractivity contribution in [3.8, 4) is 0 Å². The molecular weight excluding hydrogens is 288 g/mol. The molecule has 0 spiro atoms. The van der Waals surface area contributed by atoms with Crippen molar-refractivity contribution in [2.24, 2.45) is 0 Å². The van der Waals surface area contributed by atoms with Crippen LogP contribution in [0, 0.1) is 20.8 Å². The van der Waals surface area contributed by atoms with Gasteiger partial charge in [-0.1, -0.05) is 36.3 Å². The lowest BCUT2D eigenvalue weighted by Crippen LogP contribution is -2.29. The van der Waals surface area contributed by atoms with E-state index in [1.54, 1.807) is 13.8 Å². The van der Waals surface area contributed by atoms with Gasteiger partial charge in [0.25, 0.3) is 0 Å². The SMILES string of the molecule is CCC(NS(=O)(=O)c1c(C)noc1C)c1ccccc1C. The zero-order chi connectivity index (χ0) is 15.6. The second kappa shape index (κ2) is 5.99. The summed E-state index contributed by atoms with van der Waals surface area (Å²) in [6, 6.07) is 7.50. The Labute approximate surface area is 125 Å². The lowest BCUT2D eigenvalue weighted by Gasteiger charge is -2.19. The molecule has 1 aromatic heterocycles. The number of hydrogen-bond acceptors (Lipinski definition) is 4. The smallest absolute Gasteiger partial charge is 0.246 e. The first-order chi connectivity index (χ1) is 9.86. The Bertz CT molecular complexity index is 716. The van der Waals surface area contributed by atoms with Crippen molar-refractivity contribution in [2.75, 3.05) is 0 Å². The van der Waals surface area contributed by atoms with Gasteiger partial charge in [-0.3, -0.25) is 0 Å². The summed E-state index contributed by atoms with van der Waals surface area (Å²) >= 11 is 0. The van der Waals surface area contributed by atoms with Gasteiger partial charge in [-0.15, -0.1) is 0 Å². The van der Waals surface area contributed by atoms with Gasteiger partial charge in [0, 0.05) is 6.04 Å². The molecule has 1 atom stereocenters. The van der Waals surface area contributed by atoms with Gasteiger partial charge in [-0.2, -0.15) is 0 Å². The number of rotatable bonds is 5. The van der Waals surface area contributed by atoms with Crippen LogP contribution in [0.3, 0.4) is 0 Å². The maximum absolute atomic E-state index is 12.6. The maximum atomic E-state index is 12.6. The molecule has 5 nitrogen and oxygen atoms in total. The predicted molar refractivity (Wildman–Crippen MR) is 80.5 cm³/mol. The highest BCUT2D eigenvalue weighted by atomic mass is 32.2. The minimum atomic E-state index is -3.66. The van der Waals surface area contributed by atoms with Crippen LogP contribution in [0.2, 0.25) is 0 Å². The first-order valence-electron chi connectivity index (χ1n) is 6.87. The Balaban J connectivity index is 2.37. The summed E-state index contributed by atoms with van der Waals surface area (Å²) in [5.41, 5.74) is 2.42. The number of aryl methyl sites for hydroxylation is 3. The van der Waals surface area contributed by atoms with E-state index in [-0.39, 0.29) is 10.9 Å². The second-order valence-corrected chi connectivity index (χ2v) is 6.74. The predicted octanol–water partition coefficient (Wildman–Crippen LogP) is 3.03. The van der Waals surface area contributed by atoms with Crippen molar-refractivity contribution in [2.45, 2.75) is 45.1 Å². The number of nitrogens with zero attached hydrogens (tertiary/aromatic N) is 1. The Morgan fingerprint density at radius 2 is 1.90 bits per heavy atom. The van der Waals surface area contributed by atoms with Gasteiger partial charge in [0.15, 0.2) is 5.76 Å². The van der Waals surface area contributed by atoms with Gasteiger partial charge >= 0.3 is 0 Å². The third-order valence-corrected chi connectivity index (χ3v) is 5.22. The number of benzene rings is 1. The minimum Gasteiger partial charge on any atom is -0.360 e. The molecule has 0 amide bonds. The topological polar surface area (TPSA) is 72.2 Å². The average molecular weight is 308 g/mol. The van der Waals surface area contributed by atoms with Crippen molar-refractivity contribution in [3.63, 3.8) is 0 Å². The van der Waals surface area contributed by atoms with Crippen LogP contribution in [0.25, 0.3) is 0 Å². The molecule has 114 valence electrons. The van der Waals surface area contributed by atoms with Crippen LogP contribution in [0.1, 0.15) is 42.0 Å². The summed E-state index contributed by atoms with van der Waals surface area (Å²) in [5.74, 6) is 0.305. The molecule has 0 saturated carbocycles. The maximum Gasteiger partial charge on any atom is 0.246 e. The van der Waals surface area contributed by atoms with Crippen LogP contribution in [0.15, 0.2) is 33.7 Å². The summed E-state index contributed by atoms with van der Waals surface area (Å²) in [6.45, 7) is 7.15. The summed E-state index contributed by atoms with van der Waals surface area (Å²) < 4.78 is 32.9. The van der Waals surface area contributed by atoms with Crippen LogP contribution in [0.4, 0.5) is 0 Å². The van der Waals surface area contributed by atoms with Crippen molar-refractivity contribution in [3.05, 3.63) is 46.8 Å².